The number of imide groups is 1. The Labute approximate surface area is 218 Å². The second-order valence-electron chi connectivity index (χ2n) is 10.8. The maximum Gasteiger partial charge on any atom is 0.328 e. The number of likely N-dealkylation sites (tertiary alicyclic amines) is 1. The molecule has 7 nitrogen and oxygen atoms in total. The lowest BCUT2D eigenvalue weighted by Gasteiger charge is -2.42. The summed E-state index contributed by atoms with van der Waals surface area (Å²) in [7, 11) is 0. The lowest BCUT2D eigenvalue weighted by Crippen LogP contribution is -2.53. The second-order valence-corrected chi connectivity index (χ2v) is 10.8. The maximum absolute atomic E-state index is 14.0. The highest BCUT2D eigenvalue weighted by Gasteiger charge is 2.59. The molecule has 2 saturated heterocycles. The van der Waals surface area contributed by atoms with Crippen LogP contribution in [0.4, 0.5) is 4.79 Å². The van der Waals surface area contributed by atoms with Crippen LogP contribution >= 0.6 is 0 Å². The van der Waals surface area contributed by atoms with Crippen molar-refractivity contribution in [2.24, 2.45) is 0 Å². The number of hydrogen-bond acceptors (Lipinski definition) is 4. The van der Waals surface area contributed by atoms with E-state index >= 15 is 0 Å². The smallest absolute Gasteiger partial charge is 0.328 e. The number of aromatic nitrogens is 1. The molecule has 3 aliphatic heterocycles. The van der Waals surface area contributed by atoms with Gasteiger partial charge < -0.3 is 19.5 Å². The number of urea groups is 1. The molecule has 0 bridgehead atoms. The average Bonchev–Trinajstić information content (AvgIpc) is 3.36. The van der Waals surface area contributed by atoms with Gasteiger partial charge in [-0.05, 0) is 75.5 Å². The third-order valence-corrected chi connectivity index (χ3v) is 8.42. The number of H-pyrrole nitrogens is 1. The number of benzene rings is 2. The summed E-state index contributed by atoms with van der Waals surface area (Å²) in [6, 6.07) is 15.9. The minimum atomic E-state index is -0.915. The van der Waals surface area contributed by atoms with Crippen molar-refractivity contribution in [1.29, 1.82) is 0 Å². The summed E-state index contributed by atoms with van der Waals surface area (Å²) in [5.41, 5.74) is 3.39. The van der Waals surface area contributed by atoms with Gasteiger partial charge in [-0.15, -0.1) is 0 Å². The first-order chi connectivity index (χ1) is 18.0. The number of rotatable bonds is 7. The molecular weight excluding hydrogens is 464 g/mol. The van der Waals surface area contributed by atoms with Gasteiger partial charge in [0.1, 0.15) is 11.3 Å². The Balaban J connectivity index is 1.39. The molecular formula is C30H36N4O3. The summed E-state index contributed by atoms with van der Waals surface area (Å²) in [5.74, 6) is 0.745. The summed E-state index contributed by atoms with van der Waals surface area (Å²) >= 11 is 0. The molecule has 37 heavy (non-hydrogen) atoms. The van der Waals surface area contributed by atoms with Gasteiger partial charge in [0.05, 0.1) is 12.6 Å². The van der Waals surface area contributed by atoms with Crippen LogP contribution in [0.1, 0.15) is 56.0 Å². The van der Waals surface area contributed by atoms with Crippen molar-refractivity contribution in [2.45, 2.75) is 57.5 Å². The van der Waals surface area contributed by atoms with E-state index in [9.17, 15) is 9.59 Å². The monoisotopic (exact) mass is 500 g/mol. The average molecular weight is 501 g/mol. The van der Waals surface area contributed by atoms with Crippen molar-refractivity contribution in [3.63, 3.8) is 0 Å². The van der Waals surface area contributed by atoms with Crippen LogP contribution in [0.25, 0.3) is 10.9 Å². The van der Waals surface area contributed by atoms with E-state index < -0.39 is 5.54 Å². The van der Waals surface area contributed by atoms with E-state index in [0.717, 1.165) is 53.1 Å². The van der Waals surface area contributed by atoms with Crippen LogP contribution in [0.15, 0.2) is 48.5 Å². The van der Waals surface area contributed by atoms with E-state index in [0.29, 0.717) is 26.0 Å². The zero-order valence-electron chi connectivity index (χ0n) is 21.8. The Bertz CT molecular complexity index is 1310. The Kier molecular flexibility index (Phi) is 6.19. The molecule has 2 atom stereocenters. The SMILES string of the molecule is CCOc1ccc2[nH]c3c(c2c1)C[C@@]1(C)C(=O)N(CCN2CCCCC2)C(=O)N1C3Cc1ccccc1. The highest BCUT2D eigenvalue weighted by atomic mass is 16.5. The number of aromatic amines is 1. The van der Waals surface area contributed by atoms with Crippen LogP contribution in [0.3, 0.4) is 0 Å². The molecule has 3 aliphatic rings. The summed E-state index contributed by atoms with van der Waals surface area (Å²) < 4.78 is 5.80. The summed E-state index contributed by atoms with van der Waals surface area (Å²) in [5, 5.41) is 1.08. The Morgan fingerprint density at radius 1 is 1.03 bits per heavy atom. The molecule has 1 aromatic heterocycles. The molecule has 0 radical (unpaired) electrons. The molecule has 1 unspecified atom stereocenters. The first-order valence-electron chi connectivity index (χ1n) is 13.7. The molecule has 0 spiro atoms. The molecule has 1 N–H and O–H groups in total. The summed E-state index contributed by atoms with van der Waals surface area (Å²) in [6.45, 7) is 7.83. The fourth-order valence-corrected chi connectivity index (χ4v) is 6.56. The minimum absolute atomic E-state index is 0.0754. The standard InChI is InChI=1S/C30H36N4O3/c1-3-37-22-12-13-25-23(19-22)24-20-30(2)28(35)33(17-16-32-14-8-5-9-15-32)29(36)34(30)26(27(24)31-25)18-21-10-6-4-7-11-21/h4,6-7,10-13,19,26,31H,3,5,8-9,14-18,20H2,1-2H3/t26?,30-/m0/s1. The third-order valence-electron chi connectivity index (χ3n) is 8.42. The minimum Gasteiger partial charge on any atom is -0.494 e. The van der Waals surface area contributed by atoms with Crippen molar-refractivity contribution in [3.8, 4) is 5.75 Å². The maximum atomic E-state index is 14.0. The molecule has 2 fully saturated rings. The van der Waals surface area contributed by atoms with Crippen LogP contribution in [0.2, 0.25) is 0 Å². The lowest BCUT2D eigenvalue weighted by molar-refractivity contribution is -0.133. The second kappa shape index (κ2) is 9.53. The van der Waals surface area contributed by atoms with E-state index in [-0.39, 0.29) is 18.0 Å². The number of carbonyl (C=O) groups is 2. The number of fused-ring (bicyclic) bond motifs is 4. The fraction of sp³-hybridized carbons (Fsp3) is 0.467. The topological polar surface area (TPSA) is 68.9 Å². The van der Waals surface area contributed by atoms with Gasteiger partial charge in [-0.1, -0.05) is 36.8 Å². The molecule has 194 valence electrons. The Hall–Kier alpha value is -3.32. The highest BCUT2D eigenvalue weighted by Crippen LogP contribution is 2.47. The van der Waals surface area contributed by atoms with Gasteiger partial charge in [-0.3, -0.25) is 9.69 Å². The Morgan fingerprint density at radius 3 is 2.57 bits per heavy atom. The lowest BCUT2D eigenvalue weighted by atomic mass is 9.81. The van der Waals surface area contributed by atoms with E-state index in [4.69, 9.17) is 4.74 Å². The van der Waals surface area contributed by atoms with E-state index in [2.05, 4.69) is 28.1 Å². The fourth-order valence-electron chi connectivity index (χ4n) is 6.56. The number of ether oxygens (including phenoxy) is 1. The predicted molar refractivity (Wildman–Crippen MR) is 144 cm³/mol. The zero-order valence-corrected chi connectivity index (χ0v) is 21.8. The molecule has 2 aromatic carbocycles. The first-order valence-corrected chi connectivity index (χ1v) is 13.7. The van der Waals surface area contributed by atoms with Crippen molar-refractivity contribution in [1.82, 2.24) is 19.7 Å². The van der Waals surface area contributed by atoms with Gasteiger partial charge in [0.2, 0.25) is 0 Å². The molecule has 4 heterocycles. The Morgan fingerprint density at radius 2 is 1.81 bits per heavy atom. The van der Waals surface area contributed by atoms with Gasteiger partial charge in [-0.25, -0.2) is 4.79 Å². The number of nitrogens with one attached hydrogen (secondary N) is 1. The summed E-state index contributed by atoms with van der Waals surface area (Å²) in [4.78, 5) is 37.4. The molecule has 3 amide bonds. The van der Waals surface area contributed by atoms with Crippen LogP contribution in [-0.2, 0) is 17.6 Å². The molecule has 3 aromatic rings. The normalized spacial score (nSPS) is 24.0. The number of carbonyl (C=O) groups excluding carboxylic acids is 2. The van der Waals surface area contributed by atoms with Crippen molar-refractivity contribution in [2.75, 3.05) is 32.8 Å². The molecule has 6 rings (SSSR count). The number of hydrogen-bond donors (Lipinski definition) is 1. The zero-order chi connectivity index (χ0) is 25.6. The van der Waals surface area contributed by atoms with Crippen LogP contribution in [0.5, 0.6) is 5.75 Å². The van der Waals surface area contributed by atoms with Gasteiger partial charge in [0, 0.05) is 36.1 Å². The number of piperidine rings is 1. The van der Waals surface area contributed by atoms with Crippen molar-refractivity contribution in [3.05, 3.63) is 65.4 Å². The largest absolute Gasteiger partial charge is 0.494 e. The van der Waals surface area contributed by atoms with Crippen LogP contribution < -0.4 is 4.74 Å². The van der Waals surface area contributed by atoms with Gasteiger partial charge >= 0.3 is 6.03 Å². The van der Waals surface area contributed by atoms with E-state index in [1.165, 1.54) is 24.2 Å². The van der Waals surface area contributed by atoms with Gasteiger partial charge in [0.25, 0.3) is 5.91 Å². The number of nitrogens with zero attached hydrogens (tertiary/aromatic N) is 3. The quantitative estimate of drug-likeness (QED) is 0.468. The third kappa shape index (κ3) is 4.09. The van der Waals surface area contributed by atoms with Gasteiger partial charge in [-0.2, -0.15) is 0 Å². The van der Waals surface area contributed by atoms with E-state index in [1.54, 1.807) is 0 Å². The van der Waals surface area contributed by atoms with Gasteiger partial charge in [0.15, 0.2) is 0 Å². The summed E-state index contributed by atoms with van der Waals surface area (Å²) in [6.07, 6.45) is 4.79. The molecule has 7 heteroatoms. The van der Waals surface area contributed by atoms with Crippen LogP contribution in [-0.4, -0.2) is 69.9 Å². The van der Waals surface area contributed by atoms with Crippen molar-refractivity contribution < 1.29 is 14.3 Å². The van der Waals surface area contributed by atoms with E-state index in [1.807, 2.05) is 49.1 Å². The van der Waals surface area contributed by atoms with Crippen molar-refractivity contribution >= 4 is 22.8 Å². The van der Waals surface area contributed by atoms with Crippen LogP contribution in [0, 0.1) is 0 Å². The highest BCUT2D eigenvalue weighted by molar-refractivity contribution is 6.08. The first kappa shape index (κ1) is 24.0. The number of amides is 3. The molecule has 0 saturated carbocycles. The predicted octanol–water partition coefficient (Wildman–Crippen LogP) is 4.92. The molecule has 0 aliphatic carbocycles.